The number of likely N-dealkylation sites (tertiary alicyclic amines) is 1. The largest absolute Gasteiger partial charge is 0.433 e. The quantitative estimate of drug-likeness (QED) is 0.855. The molecule has 20 heavy (non-hydrogen) atoms. The molecule has 1 atom stereocenters. The van der Waals surface area contributed by atoms with E-state index in [4.69, 9.17) is 5.73 Å². The minimum Gasteiger partial charge on any atom is -0.368 e. The van der Waals surface area contributed by atoms with E-state index in [0.717, 1.165) is 12.5 Å². The molecule has 1 unspecified atom stereocenters. The van der Waals surface area contributed by atoms with Crippen molar-refractivity contribution in [3.63, 3.8) is 0 Å². The number of hydrogen-bond donors (Lipinski definition) is 1. The van der Waals surface area contributed by atoms with E-state index in [1.54, 1.807) is 4.90 Å². The number of halogens is 3. The number of rotatable bonds is 1. The lowest BCUT2D eigenvalue weighted by Crippen LogP contribution is -2.38. The maximum atomic E-state index is 12.7. The van der Waals surface area contributed by atoms with Crippen LogP contribution in [0.5, 0.6) is 0 Å². The molecule has 0 aromatic carbocycles. The summed E-state index contributed by atoms with van der Waals surface area (Å²) in [5, 5.41) is 0. The summed E-state index contributed by atoms with van der Waals surface area (Å²) in [7, 11) is 0. The van der Waals surface area contributed by atoms with Gasteiger partial charge in [0.25, 0.3) is 0 Å². The third-order valence-electron chi connectivity index (χ3n) is 3.34. The molecule has 1 saturated heterocycles. The van der Waals surface area contributed by atoms with Crippen LogP contribution in [-0.2, 0) is 11.0 Å². The lowest BCUT2D eigenvalue weighted by Gasteiger charge is -2.31. The molecule has 2 heterocycles. The lowest BCUT2D eigenvalue weighted by atomic mass is 9.94. The number of hydrogen-bond acceptors (Lipinski definition) is 4. The molecule has 5 nitrogen and oxygen atoms in total. The molecule has 0 bridgehead atoms. The smallest absolute Gasteiger partial charge is 0.368 e. The second kappa shape index (κ2) is 5.26. The van der Waals surface area contributed by atoms with Gasteiger partial charge < -0.3 is 10.6 Å². The Morgan fingerprint density at radius 2 is 2.15 bits per heavy atom. The summed E-state index contributed by atoms with van der Waals surface area (Å²) < 4.78 is 38.1. The molecule has 0 radical (unpaired) electrons. The first-order chi connectivity index (χ1) is 9.27. The molecule has 0 spiro atoms. The first-order valence-corrected chi connectivity index (χ1v) is 6.24. The Balaban J connectivity index is 2.28. The fourth-order valence-corrected chi connectivity index (χ4v) is 2.34. The van der Waals surface area contributed by atoms with Gasteiger partial charge >= 0.3 is 6.18 Å². The number of aromatic nitrogens is 2. The number of nitrogens with two attached hydrogens (primary N) is 1. The summed E-state index contributed by atoms with van der Waals surface area (Å²) in [5.74, 6) is -0.721. The van der Waals surface area contributed by atoms with Gasteiger partial charge in [-0.1, -0.05) is 0 Å². The van der Waals surface area contributed by atoms with Crippen LogP contribution >= 0.6 is 0 Å². The molecule has 0 saturated carbocycles. The van der Waals surface area contributed by atoms with Crippen molar-refractivity contribution in [2.24, 2.45) is 0 Å². The van der Waals surface area contributed by atoms with Gasteiger partial charge in [0, 0.05) is 25.9 Å². The van der Waals surface area contributed by atoms with E-state index < -0.39 is 17.8 Å². The second-order valence-corrected chi connectivity index (χ2v) is 4.84. The highest BCUT2D eigenvalue weighted by molar-refractivity contribution is 5.73. The van der Waals surface area contributed by atoms with E-state index >= 15 is 0 Å². The Morgan fingerprint density at radius 3 is 2.75 bits per heavy atom. The maximum Gasteiger partial charge on any atom is 0.433 e. The van der Waals surface area contributed by atoms with E-state index in [-0.39, 0.29) is 17.5 Å². The number of carbonyl (C=O) groups is 1. The molecule has 1 aliphatic heterocycles. The fourth-order valence-electron chi connectivity index (χ4n) is 2.34. The molecule has 8 heteroatoms. The van der Waals surface area contributed by atoms with Gasteiger partial charge in [-0.05, 0) is 18.9 Å². The van der Waals surface area contributed by atoms with Crippen LogP contribution in [0, 0.1) is 0 Å². The first kappa shape index (κ1) is 14.5. The Morgan fingerprint density at radius 1 is 1.45 bits per heavy atom. The minimum atomic E-state index is -4.55. The molecule has 1 amide bonds. The van der Waals surface area contributed by atoms with Gasteiger partial charge in [0.1, 0.15) is 5.69 Å². The van der Waals surface area contributed by atoms with Crippen LogP contribution in [-0.4, -0.2) is 33.9 Å². The molecule has 1 aromatic heterocycles. The first-order valence-electron chi connectivity index (χ1n) is 6.24. The molecule has 0 aliphatic carbocycles. The van der Waals surface area contributed by atoms with E-state index in [2.05, 4.69) is 9.97 Å². The van der Waals surface area contributed by atoms with Crippen LogP contribution in [0.3, 0.4) is 0 Å². The number of anilines is 1. The van der Waals surface area contributed by atoms with Crippen molar-refractivity contribution in [3.05, 3.63) is 17.5 Å². The number of amides is 1. The van der Waals surface area contributed by atoms with E-state index in [9.17, 15) is 18.0 Å². The van der Waals surface area contributed by atoms with Crippen molar-refractivity contribution < 1.29 is 18.0 Å². The van der Waals surface area contributed by atoms with Crippen LogP contribution in [0.1, 0.15) is 37.1 Å². The molecule has 2 rings (SSSR count). The van der Waals surface area contributed by atoms with Crippen molar-refractivity contribution in [1.82, 2.24) is 14.9 Å². The Hall–Kier alpha value is -1.86. The van der Waals surface area contributed by atoms with Gasteiger partial charge in [0.05, 0.1) is 5.69 Å². The number of carbonyl (C=O) groups excluding carboxylic acids is 1. The molecule has 1 aliphatic rings. The number of piperidine rings is 1. The topological polar surface area (TPSA) is 72.1 Å². The normalized spacial score (nSPS) is 20.0. The zero-order valence-corrected chi connectivity index (χ0v) is 10.9. The molecular formula is C12H15F3N4O. The summed E-state index contributed by atoms with van der Waals surface area (Å²) in [6.07, 6.45) is -3.15. The molecule has 1 fully saturated rings. The highest BCUT2D eigenvalue weighted by Gasteiger charge is 2.34. The third-order valence-corrected chi connectivity index (χ3v) is 3.34. The van der Waals surface area contributed by atoms with Gasteiger partial charge in [0.2, 0.25) is 11.9 Å². The second-order valence-electron chi connectivity index (χ2n) is 4.84. The number of nitrogens with zero attached hydrogens (tertiary/aromatic N) is 3. The van der Waals surface area contributed by atoms with Crippen LogP contribution < -0.4 is 5.73 Å². The predicted octanol–water partition coefficient (Wildman–Crippen LogP) is 1.80. The number of nitrogen functional groups attached to an aromatic ring is 1. The van der Waals surface area contributed by atoms with Gasteiger partial charge in [-0.2, -0.15) is 13.2 Å². The highest BCUT2D eigenvalue weighted by atomic mass is 19.4. The Bertz CT molecular complexity index is 518. The van der Waals surface area contributed by atoms with Crippen LogP contribution in [0.25, 0.3) is 0 Å². The molecular weight excluding hydrogens is 273 g/mol. The van der Waals surface area contributed by atoms with Crippen LogP contribution in [0.4, 0.5) is 19.1 Å². The average molecular weight is 288 g/mol. The summed E-state index contributed by atoms with van der Waals surface area (Å²) >= 11 is 0. The predicted molar refractivity (Wildman–Crippen MR) is 65.7 cm³/mol. The third kappa shape index (κ3) is 3.17. The van der Waals surface area contributed by atoms with E-state index in [1.807, 2.05) is 0 Å². The summed E-state index contributed by atoms with van der Waals surface area (Å²) in [4.78, 5) is 20.1. The Labute approximate surface area is 114 Å². The Kier molecular flexibility index (Phi) is 3.82. The van der Waals surface area contributed by atoms with Gasteiger partial charge in [-0.15, -0.1) is 0 Å². The zero-order chi connectivity index (χ0) is 14.9. The summed E-state index contributed by atoms with van der Waals surface area (Å²) in [6.45, 7) is 2.43. The maximum absolute atomic E-state index is 12.7. The van der Waals surface area contributed by atoms with Crippen molar-refractivity contribution in [2.75, 3.05) is 18.8 Å². The zero-order valence-electron chi connectivity index (χ0n) is 10.9. The monoisotopic (exact) mass is 288 g/mol. The fraction of sp³-hybridized carbons (Fsp3) is 0.583. The highest BCUT2D eigenvalue weighted by Crippen LogP contribution is 2.32. The van der Waals surface area contributed by atoms with Crippen molar-refractivity contribution in [3.8, 4) is 0 Å². The van der Waals surface area contributed by atoms with Gasteiger partial charge in [-0.3, -0.25) is 4.79 Å². The van der Waals surface area contributed by atoms with Crippen molar-refractivity contribution >= 4 is 11.9 Å². The molecule has 1 aromatic rings. The van der Waals surface area contributed by atoms with Crippen molar-refractivity contribution in [1.29, 1.82) is 0 Å². The summed E-state index contributed by atoms with van der Waals surface area (Å²) in [6, 6.07) is 0.921. The SMILES string of the molecule is CC(=O)N1CCCC(c2cc(C(F)(F)F)nc(N)n2)C1. The summed E-state index contributed by atoms with van der Waals surface area (Å²) in [5.41, 5.74) is 4.56. The number of alkyl halides is 3. The van der Waals surface area contributed by atoms with Gasteiger partial charge in [-0.25, -0.2) is 9.97 Å². The minimum absolute atomic E-state index is 0.0900. The van der Waals surface area contributed by atoms with Crippen molar-refractivity contribution in [2.45, 2.75) is 31.9 Å². The van der Waals surface area contributed by atoms with E-state index in [1.165, 1.54) is 6.92 Å². The van der Waals surface area contributed by atoms with Gasteiger partial charge in [0.15, 0.2) is 0 Å². The standard InChI is InChI=1S/C12H15F3N4O/c1-7(20)19-4-2-3-8(6-19)9-5-10(12(13,14)15)18-11(16)17-9/h5,8H,2-4,6H2,1H3,(H2,16,17,18). The lowest BCUT2D eigenvalue weighted by molar-refractivity contribution is -0.141. The molecule has 2 N–H and O–H groups in total. The van der Waals surface area contributed by atoms with Crippen LogP contribution in [0.2, 0.25) is 0 Å². The van der Waals surface area contributed by atoms with Crippen LogP contribution in [0.15, 0.2) is 6.07 Å². The molecule has 110 valence electrons. The van der Waals surface area contributed by atoms with E-state index in [0.29, 0.717) is 19.5 Å². The average Bonchev–Trinajstić information content (AvgIpc) is 2.37.